The number of hydrazine groups is 1. The molecule has 21 heavy (non-hydrogen) atoms. The number of nitrogens with two attached hydrogens (primary N) is 1. The number of hydrogen-bond acceptors (Lipinski definition) is 3. The molecular weight excluding hydrogens is 310 g/mol. The molecular formula is C13H10ClF4N3. The predicted molar refractivity (Wildman–Crippen MR) is 69.8 cm³/mol. The predicted octanol–water partition coefficient (Wildman–Crippen LogP) is 3.45. The molecule has 0 amide bonds. The fourth-order valence-corrected chi connectivity index (χ4v) is 2.07. The third-order valence-electron chi connectivity index (χ3n) is 2.91. The van der Waals surface area contributed by atoms with Crippen LogP contribution in [-0.2, 0) is 6.18 Å². The number of halogens is 5. The lowest BCUT2D eigenvalue weighted by molar-refractivity contribution is -0.138. The molecule has 3 N–H and O–H groups in total. The van der Waals surface area contributed by atoms with Gasteiger partial charge in [-0.25, -0.2) is 9.82 Å². The van der Waals surface area contributed by atoms with E-state index in [1.165, 1.54) is 12.1 Å². The van der Waals surface area contributed by atoms with E-state index in [0.29, 0.717) is 0 Å². The topological polar surface area (TPSA) is 50.9 Å². The second-order valence-electron chi connectivity index (χ2n) is 4.23. The van der Waals surface area contributed by atoms with Crippen molar-refractivity contribution >= 4 is 11.6 Å². The minimum absolute atomic E-state index is 0.128. The van der Waals surface area contributed by atoms with Gasteiger partial charge in [0, 0.05) is 18.0 Å². The van der Waals surface area contributed by atoms with Crippen molar-refractivity contribution in [2.45, 2.75) is 12.2 Å². The van der Waals surface area contributed by atoms with Crippen LogP contribution < -0.4 is 11.3 Å². The molecule has 1 atom stereocenters. The van der Waals surface area contributed by atoms with Crippen LogP contribution in [0.3, 0.4) is 0 Å². The molecule has 0 aliphatic rings. The average Bonchev–Trinajstić information content (AvgIpc) is 2.43. The maximum atomic E-state index is 13.5. The van der Waals surface area contributed by atoms with Crippen molar-refractivity contribution in [3.8, 4) is 0 Å². The van der Waals surface area contributed by atoms with Crippen molar-refractivity contribution in [1.82, 2.24) is 10.4 Å². The summed E-state index contributed by atoms with van der Waals surface area (Å²) in [4.78, 5) is 3.68. The van der Waals surface area contributed by atoms with Crippen LogP contribution in [0.1, 0.15) is 22.7 Å². The van der Waals surface area contributed by atoms with E-state index >= 15 is 0 Å². The highest BCUT2D eigenvalue weighted by molar-refractivity contribution is 6.30. The Morgan fingerprint density at radius 2 is 1.95 bits per heavy atom. The van der Waals surface area contributed by atoms with Gasteiger partial charge in [0.05, 0.1) is 16.6 Å². The van der Waals surface area contributed by atoms with Crippen molar-refractivity contribution in [1.29, 1.82) is 0 Å². The first-order valence-electron chi connectivity index (χ1n) is 5.76. The standard InChI is InChI=1S/C13H10ClF4N3/c14-10-2-1-7(5-11(10)15)12(21-19)8-6-20-4-3-9(8)13(16,17)18/h1-6,12,21H,19H2. The molecule has 1 heterocycles. The average molecular weight is 320 g/mol. The van der Waals surface area contributed by atoms with E-state index < -0.39 is 23.6 Å². The Kier molecular flexibility index (Phi) is 4.46. The normalized spacial score (nSPS) is 13.2. The largest absolute Gasteiger partial charge is 0.416 e. The summed E-state index contributed by atoms with van der Waals surface area (Å²) in [7, 11) is 0. The van der Waals surface area contributed by atoms with Crippen molar-refractivity contribution < 1.29 is 17.6 Å². The van der Waals surface area contributed by atoms with Crippen LogP contribution >= 0.6 is 11.6 Å². The lowest BCUT2D eigenvalue weighted by Gasteiger charge is -2.21. The van der Waals surface area contributed by atoms with Crippen LogP contribution in [0.15, 0.2) is 36.7 Å². The Bertz CT molecular complexity index is 646. The fourth-order valence-electron chi connectivity index (χ4n) is 1.95. The van der Waals surface area contributed by atoms with Gasteiger partial charge in [0.1, 0.15) is 5.82 Å². The van der Waals surface area contributed by atoms with Crippen LogP contribution in [-0.4, -0.2) is 4.98 Å². The van der Waals surface area contributed by atoms with Gasteiger partial charge in [-0.1, -0.05) is 17.7 Å². The van der Waals surface area contributed by atoms with Gasteiger partial charge in [-0.3, -0.25) is 10.8 Å². The number of aromatic nitrogens is 1. The number of hydrogen-bond donors (Lipinski definition) is 2. The van der Waals surface area contributed by atoms with E-state index in [-0.39, 0.29) is 16.1 Å². The maximum absolute atomic E-state index is 13.5. The third-order valence-corrected chi connectivity index (χ3v) is 3.22. The van der Waals surface area contributed by atoms with E-state index in [1.807, 2.05) is 0 Å². The highest BCUT2D eigenvalue weighted by Gasteiger charge is 2.35. The van der Waals surface area contributed by atoms with Gasteiger partial charge < -0.3 is 0 Å². The van der Waals surface area contributed by atoms with Gasteiger partial charge in [0.2, 0.25) is 0 Å². The number of alkyl halides is 3. The maximum Gasteiger partial charge on any atom is 0.416 e. The van der Waals surface area contributed by atoms with Crippen molar-refractivity contribution in [3.63, 3.8) is 0 Å². The van der Waals surface area contributed by atoms with E-state index in [4.69, 9.17) is 17.4 Å². The molecule has 0 aliphatic heterocycles. The Labute approximate surface area is 122 Å². The molecule has 8 heteroatoms. The second-order valence-corrected chi connectivity index (χ2v) is 4.64. The van der Waals surface area contributed by atoms with Gasteiger partial charge >= 0.3 is 6.18 Å². The van der Waals surface area contributed by atoms with Crippen LogP contribution in [0.4, 0.5) is 17.6 Å². The molecule has 1 aromatic carbocycles. The van der Waals surface area contributed by atoms with Crippen LogP contribution in [0, 0.1) is 5.82 Å². The summed E-state index contributed by atoms with van der Waals surface area (Å²) in [5.74, 6) is 4.59. The zero-order valence-electron chi connectivity index (χ0n) is 10.5. The monoisotopic (exact) mass is 319 g/mol. The first kappa shape index (κ1) is 15.7. The molecule has 0 aliphatic carbocycles. The number of nitrogens with one attached hydrogen (secondary N) is 1. The first-order chi connectivity index (χ1) is 9.84. The summed E-state index contributed by atoms with van der Waals surface area (Å²) in [6, 6.07) is 3.44. The summed E-state index contributed by atoms with van der Waals surface area (Å²) in [5.41, 5.74) is 1.36. The summed E-state index contributed by atoms with van der Waals surface area (Å²) >= 11 is 5.56. The van der Waals surface area contributed by atoms with Crippen molar-refractivity contribution in [2.75, 3.05) is 0 Å². The van der Waals surface area contributed by atoms with Crippen molar-refractivity contribution in [3.05, 3.63) is 64.2 Å². The molecule has 2 aromatic rings. The number of pyridine rings is 1. The van der Waals surface area contributed by atoms with E-state index in [1.54, 1.807) is 0 Å². The smallest absolute Gasteiger partial charge is 0.271 e. The van der Waals surface area contributed by atoms with E-state index in [0.717, 1.165) is 24.5 Å². The minimum Gasteiger partial charge on any atom is -0.271 e. The van der Waals surface area contributed by atoms with Gasteiger partial charge in [-0.05, 0) is 23.8 Å². The molecule has 0 saturated heterocycles. The summed E-state index contributed by atoms with van der Waals surface area (Å²) in [5, 5.41) is -0.128. The Balaban J connectivity index is 2.54. The third kappa shape index (κ3) is 3.31. The summed E-state index contributed by atoms with van der Waals surface area (Å²) in [6.45, 7) is 0. The van der Waals surface area contributed by atoms with Crippen LogP contribution in [0.25, 0.3) is 0 Å². The molecule has 0 spiro atoms. The Morgan fingerprint density at radius 3 is 2.52 bits per heavy atom. The molecule has 0 radical (unpaired) electrons. The lowest BCUT2D eigenvalue weighted by Crippen LogP contribution is -2.30. The SMILES string of the molecule is NNC(c1ccc(Cl)c(F)c1)c1cnccc1C(F)(F)F. The summed E-state index contributed by atoms with van der Waals surface area (Å²) in [6.07, 6.45) is -2.50. The number of nitrogens with zero attached hydrogens (tertiary/aromatic N) is 1. The van der Waals surface area contributed by atoms with E-state index in [2.05, 4.69) is 10.4 Å². The van der Waals surface area contributed by atoms with Crippen molar-refractivity contribution in [2.24, 2.45) is 5.84 Å². The molecule has 2 rings (SSSR count). The highest BCUT2D eigenvalue weighted by Crippen LogP contribution is 2.36. The zero-order chi connectivity index (χ0) is 15.6. The number of rotatable bonds is 3. The molecule has 112 valence electrons. The zero-order valence-corrected chi connectivity index (χ0v) is 11.2. The van der Waals surface area contributed by atoms with E-state index in [9.17, 15) is 17.6 Å². The Hall–Kier alpha value is -1.70. The van der Waals surface area contributed by atoms with Gasteiger partial charge in [0.25, 0.3) is 0 Å². The fraction of sp³-hybridized carbons (Fsp3) is 0.154. The van der Waals surface area contributed by atoms with Gasteiger partial charge in [-0.2, -0.15) is 13.2 Å². The van der Waals surface area contributed by atoms with Crippen LogP contribution in [0.2, 0.25) is 5.02 Å². The molecule has 3 nitrogen and oxygen atoms in total. The second kappa shape index (κ2) is 5.97. The summed E-state index contributed by atoms with van der Waals surface area (Å²) < 4.78 is 52.5. The highest BCUT2D eigenvalue weighted by atomic mass is 35.5. The molecule has 0 saturated carbocycles. The molecule has 0 fully saturated rings. The molecule has 0 bridgehead atoms. The lowest BCUT2D eigenvalue weighted by atomic mass is 9.96. The minimum atomic E-state index is -4.57. The first-order valence-corrected chi connectivity index (χ1v) is 6.14. The van der Waals surface area contributed by atoms with Crippen LogP contribution in [0.5, 0.6) is 0 Å². The quantitative estimate of drug-likeness (QED) is 0.517. The Morgan fingerprint density at radius 1 is 1.24 bits per heavy atom. The molecule has 1 aromatic heterocycles. The van der Waals surface area contributed by atoms with Gasteiger partial charge in [-0.15, -0.1) is 0 Å². The number of benzene rings is 1. The van der Waals surface area contributed by atoms with Gasteiger partial charge in [0.15, 0.2) is 0 Å². The molecule has 1 unspecified atom stereocenters.